The van der Waals surface area contributed by atoms with Crippen LogP contribution in [0.4, 0.5) is 15.0 Å². The zero-order valence-electron chi connectivity index (χ0n) is 17.7. The number of aromatic nitrogens is 3. The number of nitrogens with zero attached hydrogens (tertiary/aromatic N) is 5. The number of piperazine rings is 1. The first kappa shape index (κ1) is 22.2. The van der Waals surface area contributed by atoms with Crippen molar-refractivity contribution >= 4 is 46.0 Å². The molecule has 0 radical (unpaired) electrons. The van der Waals surface area contributed by atoms with Crippen molar-refractivity contribution in [2.75, 3.05) is 24.6 Å². The van der Waals surface area contributed by atoms with Gasteiger partial charge in [0.25, 0.3) is 0 Å². The summed E-state index contributed by atoms with van der Waals surface area (Å²) < 4.78 is 26.1. The molecule has 0 spiro atoms. The molecular formula is C20H24Cl2FN5O3. The van der Waals surface area contributed by atoms with Crippen molar-refractivity contribution in [1.82, 2.24) is 19.9 Å². The summed E-state index contributed by atoms with van der Waals surface area (Å²) in [5.41, 5.74) is -0.591. The molecule has 0 aliphatic carbocycles. The summed E-state index contributed by atoms with van der Waals surface area (Å²) >= 11 is 11.9. The Morgan fingerprint density at radius 3 is 2.71 bits per heavy atom. The monoisotopic (exact) mass is 471 g/mol. The van der Waals surface area contributed by atoms with E-state index in [1.807, 2.05) is 32.6 Å². The van der Waals surface area contributed by atoms with Crippen molar-refractivity contribution in [2.24, 2.45) is 0 Å². The van der Waals surface area contributed by atoms with E-state index < -0.39 is 11.4 Å². The molecule has 0 N–H and O–H groups in total. The first-order valence-electron chi connectivity index (χ1n) is 10.1. The molecule has 11 heteroatoms. The maximum Gasteiger partial charge on any atom is 0.411 e. The molecular weight excluding hydrogens is 448 g/mol. The Morgan fingerprint density at radius 1 is 1.29 bits per heavy atom. The third kappa shape index (κ3) is 4.23. The van der Waals surface area contributed by atoms with Gasteiger partial charge in [-0.05, 0) is 45.7 Å². The Balaban J connectivity index is 1.70. The molecule has 3 atom stereocenters. The van der Waals surface area contributed by atoms with Gasteiger partial charge in [0, 0.05) is 25.9 Å². The molecule has 2 aliphatic rings. The predicted molar refractivity (Wildman–Crippen MR) is 115 cm³/mol. The largest absolute Gasteiger partial charge is 0.444 e. The lowest BCUT2D eigenvalue weighted by Crippen LogP contribution is -2.58. The molecule has 8 nitrogen and oxygen atoms in total. The fourth-order valence-electron chi connectivity index (χ4n) is 4.31. The summed E-state index contributed by atoms with van der Waals surface area (Å²) in [5.74, 6) is -0.290. The lowest BCUT2D eigenvalue weighted by molar-refractivity contribution is -0.00328. The van der Waals surface area contributed by atoms with E-state index in [9.17, 15) is 9.18 Å². The fourth-order valence-corrected chi connectivity index (χ4v) is 4.61. The molecule has 4 rings (SSSR count). The molecule has 2 bridgehead atoms. The van der Waals surface area contributed by atoms with Gasteiger partial charge in [-0.15, -0.1) is 0 Å². The molecule has 168 valence electrons. The summed E-state index contributed by atoms with van der Waals surface area (Å²) in [4.78, 5) is 28.9. The number of carbonyl (C=O) groups is 1. The van der Waals surface area contributed by atoms with Crippen LogP contribution in [0.25, 0.3) is 10.9 Å². The van der Waals surface area contributed by atoms with Gasteiger partial charge in [-0.2, -0.15) is 4.98 Å². The second kappa shape index (κ2) is 8.18. The highest BCUT2D eigenvalue weighted by Gasteiger charge is 2.50. The molecule has 2 saturated heterocycles. The van der Waals surface area contributed by atoms with Crippen LogP contribution in [-0.4, -0.2) is 69.4 Å². The summed E-state index contributed by atoms with van der Waals surface area (Å²) in [7, 11) is 0. The minimum absolute atomic E-state index is 0.0123. The van der Waals surface area contributed by atoms with Crippen LogP contribution in [-0.2, 0) is 9.47 Å². The molecule has 2 aliphatic heterocycles. The Morgan fingerprint density at radius 2 is 2.03 bits per heavy atom. The van der Waals surface area contributed by atoms with Crippen LogP contribution in [0, 0.1) is 5.82 Å². The second-order valence-corrected chi connectivity index (χ2v) is 9.38. The van der Waals surface area contributed by atoms with E-state index in [1.54, 1.807) is 4.90 Å². The average molecular weight is 472 g/mol. The topological polar surface area (TPSA) is 80.7 Å². The SMILES string of the molecule is CCOC1CC2CN(c3nc(Cl)nc4c(F)c(Cl)ncc34)CC1N2C(=O)OC(C)(C)C. The van der Waals surface area contributed by atoms with E-state index in [4.69, 9.17) is 32.7 Å². The number of halogens is 3. The molecule has 0 saturated carbocycles. The van der Waals surface area contributed by atoms with Crippen molar-refractivity contribution in [3.8, 4) is 0 Å². The number of anilines is 1. The maximum absolute atomic E-state index is 14.5. The first-order chi connectivity index (χ1) is 14.6. The van der Waals surface area contributed by atoms with Crippen molar-refractivity contribution in [3.05, 3.63) is 22.5 Å². The Hall–Kier alpha value is -1.97. The number of ether oxygens (including phenoxy) is 2. The van der Waals surface area contributed by atoms with Gasteiger partial charge >= 0.3 is 6.09 Å². The Labute approximate surface area is 189 Å². The third-order valence-corrected chi connectivity index (χ3v) is 5.83. The van der Waals surface area contributed by atoms with Crippen LogP contribution >= 0.6 is 23.2 Å². The predicted octanol–water partition coefficient (Wildman–Crippen LogP) is 4.07. The van der Waals surface area contributed by atoms with Crippen molar-refractivity contribution in [1.29, 1.82) is 0 Å². The van der Waals surface area contributed by atoms with E-state index in [0.29, 0.717) is 37.3 Å². The summed E-state index contributed by atoms with van der Waals surface area (Å²) in [5, 5.41) is 0.0377. The molecule has 31 heavy (non-hydrogen) atoms. The van der Waals surface area contributed by atoms with Crippen LogP contribution in [0.15, 0.2) is 6.20 Å². The van der Waals surface area contributed by atoms with E-state index in [0.717, 1.165) is 0 Å². The number of rotatable bonds is 3. The number of pyridine rings is 1. The normalized spacial score (nSPS) is 23.5. The van der Waals surface area contributed by atoms with Crippen LogP contribution in [0.5, 0.6) is 0 Å². The molecule has 3 unspecified atom stereocenters. The van der Waals surface area contributed by atoms with Gasteiger partial charge in [-0.3, -0.25) is 4.90 Å². The number of fused-ring (bicyclic) bond motifs is 3. The summed E-state index contributed by atoms with van der Waals surface area (Å²) in [6.45, 7) is 8.86. The summed E-state index contributed by atoms with van der Waals surface area (Å²) in [6, 6.07) is -0.401. The zero-order chi connectivity index (χ0) is 22.5. The van der Waals surface area contributed by atoms with Crippen molar-refractivity contribution in [3.63, 3.8) is 0 Å². The van der Waals surface area contributed by atoms with Gasteiger partial charge < -0.3 is 14.4 Å². The second-order valence-electron chi connectivity index (χ2n) is 8.68. The quantitative estimate of drug-likeness (QED) is 0.492. The Bertz CT molecular complexity index is 1020. The molecule has 2 aromatic heterocycles. The van der Waals surface area contributed by atoms with Gasteiger partial charge in [-0.25, -0.2) is 19.2 Å². The highest BCUT2D eigenvalue weighted by molar-refractivity contribution is 6.30. The van der Waals surface area contributed by atoms with Gasteiger partial charge in [0.15, 0.2) is 11.0 Å². The molecule has 2 fully saturated rings. The number of amides is 1. The average Bonchev–Trinajstić information content (AvgIpc) is 2.90. The Kier molecular flexibility index (Phi) is 5.87. The van der Waals surface area contributed by atoms with Crippen LogP contribution < -0.4 is 4.90 Å². The van der Waals surface area contributed by atoms with Crippen LogP contribution in [0.1, 0.15) is 34.1 Å². The fraction of sp³-hybridized carbons (Fsp3) is 0.600. The standard InChI is InChI=1S/C20H24Cl2FN5O3/c1-5-30-13-6-10-8-27(9-12(13)28(10)19(29)31-20(2,3)4)17-11-7-24-16(21)14(23)15(11)25-18(22)26-17/h7,10,12-13H,5-6,8-9H2,1-4H3. The number of hydrogen-bond acceptors (Lipinski definition) is 7. The summed E-state index contributed by atoms with van der Waals surface area (Å²) in [6.07, 6.45) is 1.60. The van der Waals surface area contributed by atoms with Gasteiger partial charge in [0.1, 0.15) is 16.9 Å². The van der Waals surface area contributed by atoms with E-state index in [2.05, 4.69) is 15.0 Å². The van der Waals surface area contributed by atoms with Crippen molar-refractivity contribution in [2.45, 2.75) is 57.9 Å². The van der Waals surface area contributed by atoms with Crippen LogP contribution in [0.2, 0.25) is 10.4 Å². The maximum atomic E-state index is 14.5. The van der Waals surface area contributed by atoms with Crippen LogP contribution in [0.3, 0.4) is 0 Å². The lowest BCUT2D eigenvalue weighted by Gasteiger charge is -2.42. The van der Waals surface area contributed by atoms with E-state index in [-0.39, 0.29) is 40.2 Å². The van der Waals surface area contributed by atoms with Gasteiger partial charge in [0.05, 0.1) is 23.6 Å². The van der Waals surface area contributed by atoms with Gasteiger partial charge in [0.2, 0.25) is 5.28 Å². The minimum atomic E-state index is -0.743. The van der Waals surface area contributed by atoms with E-state index >= 15 is 0 Å². The third-order valence-electron chi connectivity index (χ3n) is 5.40. The minimum Gasteiger partial charge on any atom is -0.444 e. The number of hydrogen-bond donors (Lipinski definition) is 0. The van der Waals surface area contributed by atoms with Crippen molar-refractivity contribution < 1.29 is 18.7 Å². The number of carbonyl (C=O) groups excluding carboxylic acids is 1. The highest BCUT2D eigenvalue weighted by atomic mass is 35.5. The smallest absolute Gasteiger partial charge is 0.411 e. The van der Waals surface area contributed by atoms with Gasteiger partial charge in [-0.1, -0.05) is 11.6 Å². The zero-order valence-corrected chi connectivity index (χ0v) is 19.2. The first-order valence-corrected chi connectivity index (χ1v) is 10.9. The molecule has 0 aromatic carbocycles. The highest BCUT2D eigenvalue weighted by Crippen LogP contribution is 2.37. The van der Waals surface area contributed by atoms with E-state index in [1.165, 1.54) is 6.20 Å². The molecule has 2 aromatic rings. The molecule has 4 heterocycles. The molecule has 1 amide bonds. The lowest BCUT2D eigenvalue weighted by atomic mass is 10.1.